The second-order valence-electron chi connectivity index (χ2n) is 9.15. The van der Waals surface area contributed by atoms with E-state index < -0.39 is 15.6 Å². The van der Waals surface area contributed by atoms with Crippen LogP contribution in [0, 0.1) is 0 Å². The minimum Gasteiger partial charge on any atom is -0.496 e. The van der Waals surface area contributed by atoms with Gasteiger partial charge in [-0.05, 0) is 49.9 Å². The molecule has 0 radical (unpaired) electrons. The fraction of sp³-hybridized carbons (Fsp3) is 0.462. The molecule has 36 heavy (non-hydrogen) atoms. The van der Waals surface area contributed by atoms with E-state index in [9.17, 15) is 18.0 Å². The number of hydrogen-bond donors (Lipinski definition) is 1. The molecule has 2 aromatic rings. The average molecular weight is 515 g/mol. The van der Waals surface area contributed by atoms with Crippen LogP contribution in [0.5, 0.6) is 5.75 Å². The average Bonchev–Trinajstić information content (AvgIpc) is 3.15. The molecule has 2 aliphatic rings. The van der Waals surface area contributed by atoms with Crippen LogP contribution in [-0.2, 0) is 26.0 Å². The van der Waals surface area contributed by atoms with Crippen LogP contribution in [0.1, 0.15) is 25.3 Å². The first kappa shape index (κ1) is 26.0. The van der Waals surface area contributed by atoms with Crippen molar-refractivity contribution in [2.24, 2.45) is 0 Å². The lowest BCUT2D eigenvalue weighted by atomic mass is 9.86. The summed E-state index contributed by atoms with van der Waals surface area (Å²) in [5, 5.41) is 2.92. The summed E-state index contributed by atoms with van der Waals surface area (Å²) in [5.41, 5.74) is 1.02. The Morgan fingerprint density at radius 2 is 1.72 bits per heavy atom. The highest BCUT2D eigenvalue weighted by Gasteiger charge is 2.54. The lowest BCUT2D eigenvalue weighted by Crippen LogP contribution is -2.57. The Hall–Kier alpha value is -3.11. The fourth-order valence-electron chi connectivity index (χ4n) is 5.11. The van der Waals surface area contributed by atoms with Crippen LogP contribution >= 0.6 is 0 Å². The Bertz CT molecular complexity index is 1180. The van der Waals surface area contributed by atoms with Crippen molar-refractivity contribution in [3.8, 4) is 5.75 Å². The van der Waals surface area contributed by atoms with Gasteiger partial charge in [0.25, 0.3) is 0 Å². The molecule has 0 aliphatic carbocycles. The third-order valence-corrected chi connectivity index (χ3v) is 9.01. The number of carbonyl (C=O) groups is 2. The first-order valence-electron chi connectivity index (χ1n) is 12.3. The van der Waals surface area contributed by atoms with Crippen LogP contribution in [0.15, 0.2) is 54.6 Å². The number of carbonyl (C=O) groups excluding carboxylic acids is 2. The van der Waals surface area contributed by atoms with E-state index in [4.69, 9.17) is 4.74 Å². The zero-order chi connectivity index (χ0) is 25.8. The van der Waals surface area contributed by atoms with Crippen molar-refractivity contribution in [1.82, 2.24) is 14.5 Å². The Balaban J connectivity index is 1.44. The van der Waals surface area contributed by atoms with Crippen molar-refractivity contribution in [2.45, 2.75) is 31.7 Å². The van der Waals surface area contributed by atoms with Gasteiger partial charge in [-0.2, -0.15) is 0 Å². The lowest BCUT2D eigenvalue weighted by molar-refractivity contribution is -0.137. The predicted octanol–water partition coefficient (Wildman–Crippen LogP) is 1.84. The van der Waals surface area contributed by atoms with Crippen LogP contribution in [-0.4, -0.2) is 80.7 Å². The van der Waals surface area contributed by atoms with Gasteiger partial charge in [-0.3, -0.25) is 9.59 Å². The molecule has 2 aromatic carbocycles. The van der Waals surface area contributed by atoms with Gasteiger partial charge in [-0.25, -0.2) is 12.7 Å². The minimum atomic E-state index is -3.32. The molecule has 2 aliphatic heterocycles. The Kier molecular flexibility index (Phi) is 7.85. The first-order valence-corrected chi connectivity index (χ1v) is 13.9. The first-order chi connectivity index (χ1) is 17.3. The van der Waals surface area contributed by atoms with Crippen molar-refractivity contribution < 1.29 is 22.7 Å². The largest absolute Gasteiger partial charge is 0.496 e. The molecule has 10 heteroatoms. The molecule has 4 rings (SSSR count). The van der Waals surface area contributed by atoms with Gasteiger partial charge in [0.15, 0.2) is 0 Å². The molecule has 9 nitrogen and oxygen atoms in total. The van der Waals surface area contributed by atoms with Gasteiger partial charge < -0.3 is 19.9 Å². The van der Waals surface area contributed by atoms with Crippen molar-refractivity contribution in [2.75, 3.05) is 50.6 Å². The molecule has 2 amide bonds. The zero-order valence-electron chi connectivity index (χ0n) is 20.9. The highest BCUT2D eigenvalue weighted by atomic mass is 32.2. The van der Waals surface area contributed by atoms with Crippen molar-refractivity contribution >= 4 is 27.5 Å². The van der Waals surface area contributed by atoms with E-state index in [2.05, 4.69) is 5.32 Å². The molecule has 2 heterocycles. The summed E-state index contributed by atoms with van der Waals surface area (Å²) in [6, 6.07) is 17.3. The van der Waals surface area contributed by atoms with Crippen LogP contribution in [0.3, 0.4) is 0 Å². The van der Waals surface area contributed by atoms with Crippen LogP contribution in [0.25, 0.3) is 0 Å². The highest BCUT2D eigenvalue weighted by Crippen LogP contribution is 2.39. The smallest absolute Gasteiger partial charge is 0.250 e. The molecule has 194 valence electrons. The third kappa shape index (κ3) is 5.19. The fourth-order valence-corrected chi connectivity index (χ4v) is 6.22. The summed E-state index contributed by atoms with van der Waals surface area (Å²) in [4.78, 5) is 30.1. The molecular formula is C26H34N4O5S. The molecule has 0 bridgehead atoms. The summed E-state index contributed by atoms with van der Waals surface area (Å²) in [6.07, 6.45) is 1.38. The molecule has 0 atom stereocenters. The molecule has 0 unspecified atom stereocenters. The molecule has 2 fully saturated rings. The van der Waals surface area contributed by atoms with E-state index in [0.29, 0.717) is 25.8 Å². The maximum absolute atomic E-state index is 13.7. The number of benzene rings is 2. The Labute approximate surface area is 213 Å². The van der Waals surface area contributed by atoms with Crippen LogP contribution in [0.4, 0.5) is 5.69 Å². The number of sulfonamides is 1. The number of piperidine rings is 1. The number of rotatable bonds is 9. The number of nitrogens with one attached hydrogen (secondary N) is 1. The number of nitrogens with zero attached hydrogens (tertiary/aromatic N) is 3. The van der Waals surface area contributed by atoms with E-state index in [0.717, 1.165) is 17.0 Å². The number of methoxy groups -OCH3 is 1. The summed E-state index contributed by atoms with van der Waals surface area (Å²) in [6.45, 7) is 2.86. The Morgan fingerprint density at radius 1 is 1.06 bits per heavy atom. The molecule has 1 N–H and O–H groups in total. The zero-order valence-corrected chi connectivity index (χ0v) is 21.7. The summed E-state index contributed by atoms with van der Waals surface area (Å²) >= 11 is 0. The SMILES string of the molecule is CCS(=O)(=O)N1CCC2(CC1)C(=O)N(CC(=O)NCCc1ccccc1OC)CN2c1ccccc1. The van der Waals surface area contributed by atoms with Crippen molar-refractivity contribution in [1.29, 1.82) is 0 Å². The van der Waals surface area contributed by atoms with Crippen molar-refractivity contribution in [3.63, 3.8) is 0 Å². The van der Waals surface area contributed by atoms with E-state index >= 15 is 0 Å². The minimum absolute atomic E-state index is 0.0392. The summed E-state index contributed by atoms with van der Waals surface area (Å²) in [5.74, 6) is 0.463. The Morgan fingerprint density at radius 3 is 2.39 bits per heavy atom. The van der Waals surface area contributed by atoms with Gasteiger partial charge in [0.1, 0.15) is 17.8 Å². The summed E-state index contributed by atoms with van der Waals surface area (Å²) in [7, 11) is -1.70. The van der Waals surface area contributed by atoms with Gasteiger partial charge in [0.05, 0.1) is 19.5 Å². The maximum atomic E-state index is 13.7. The van der Waals surface area contributed by atoms with Gasteiger partial charge in [0.2, 0.25) is 21.8 Å². The van der Waals surface area contributed by atoms with Crippen LogP contribution < -0.4 is 15.0 Å². The highest BCUT2D eigenvalue weighted by molar-refractivity contribution is 7.89. The number of para-hydroxylation sites is 2. The second kappa shape index (κ2) is 10.9. The van der Waals surface area contributed by atoms with Crippen molar-refractivity contribution in [3.05, 3.63) is 60.2 Å². The van der Waals surface area contributed by atoms with E-state index in [1.54, 1.807) is 18.9 Å². The predicted molar refractivity (Wildman–Crippen MR) is 138 cm³/mol. The molecule has 1 spiro atoms. The third-order valence-electron chi connectivity index (χ3n) is 7.13. The number of hydrogen-bond acceptors (Lipinski definition) is 6. The van der Waals surface area contributed by atoms with Gasteiger partial charge in [0, 0.05) is 25.3 Å². The number of amides is 2. The van der Waals surface area contributed by atoms with Crippen LogP contribution in [0.2, 0.25) is 0 Å². The lowest BCUT2D eigenvalue weighted by Gasteiger charge is -2.42. The second-order valence-corrected chi connectivity index (χ2v) is 11.4. The molecule has 0 aromatic heterocycles. The normalized spacial score (nSPS) is 18.0. The van der Waals surface area contributed by atoms with Gasteiger partial charge >= 0.3 is 0 Å². The molecular weight excluding hydrogens is 480 g/mol. The van der Waals surface area contributed by atoms with Gasteiger partial charge in [-0.1, -0.05) is 36.4 Å². The molecule has 2 saturated heterocycles. The van der Waals surface area contributed by atoms with E-state index in [-0.39, 0.29) is 43.9 Å². The quantitative estimate of drug-likeness (QED) is 0.548. The maximum Gasteiger partial charge on any atom is 0.250 e. The van der Waals surface area contributed by atoms with E-state index in [1.807, 2.05) is 59.5 Å². The number of anilines is 1. The number of ether oxygens (including phenoxy) is 1. The topological polar surface area (TPSA) is 99.3 Å². The van der Waals surface area contributed by atoms with E-state index in [1.165, 1.54) is 4.31 Å². The monoisotopic (exact) mass is 514 g/mol. The summed E-state index contributed by atoms with van der Waals surface area (Å²) < 4.78 is 31.6. The standard InChI is InChI=1S/C26H34N4O5S/c1-3-36(33,34)29-17-14-26(15-18-29)25(32)28(20-30(26)22-10-5-4-6-11-22)19-24(31)27-16-13-21-9-7-8-12-23(21)35-2/h4-12H,3,13-20H2,1-2H3,(H,27,31). The molecule has 0 saturated carbocycles. The van der Waals surface area contributed by atoms with Gasteiger partial charge in [-0.15, -0.1) is 0 Å².